The number of nitrogens with zero attached hydrogens (tertiary/aromatic N) is 4. The molecule has 2 aromatic heterocycles. The van der Waals surface area contributed by atoms with Gasteiger partial charge in [0.15, 0.2) is 5.82 Å². The summed E-state index contributed by atoms with van der Waals surface area (Å²) in [6, 6.07) is 10.8. The number of benzene rings is 1. The highest BCUT2D eigenvalue weighted by Gasteiger charge is 2.20. The minimum Gasteiger partial charge on any atom is -0.364 e. The summed E-state index contributed by atoms with van der Waals surface area (Å²) < 4.78 is 0. The van der Waals surface area contributed by atoms with Gasteiger partial charge in [-0.3, -0.25) is 4.98 Å². The fourth-order valence-electron chi connectivity index (χ4n) is 2.23. The first-order valence-electron chi connectivity index (χ1n) is 7.73. The second kappa shape index (κ2) is 6.94. The summed E-state index contributed by atoms with van der Waals surface area (Å²) in [4.78, 5) is 8.91. The molecule has 0 radical (unpaired) electrons. The zero-order valence-corrected chi connectivity index (χ0v) is 15.6. The Bertz CT molecular complexity index is 892. The van der Waals surface area contributed by atoms with Crippen LogP contribution < -0.4 is 5.32 Å². The van der Waals surface area contributed by atoms with Gasteiger partial charge < -0.3 is 5.32 Å². The number of rotatable bonds is 3. The minimum atomic E-state index is -0.217. The molecule has 0 saturated heterocycles. The van der Waals surface area contributed by atoms with Crippen LogP contribution in [0.4, 0.5) is 5.82 Å². The van der Waals surface area contributed by atoms with Crippen molar-refractivity contribution in [2.45, 2.75) is 26.3 Å². The second-order valence-corrected chi connectivity index (χ2v) is 7.39. The van der Waals surface area contributed by atoms with Crippen LogP contribution in [-0.2, 0) is 0 Å². The maximum absolute atomic E-state index is 6.34. The van der Waals surface area contributed by atoms with E-state index in [2.05, 4.69) is 25.5 Å². The third kappa shape index (κ3) is 4.24. The van der Waals surface area contributed by atoms with Crippen molar-refractivity contribution in [3.05, 3.63) is 52.6 Å². The lowest BCUT2D eigenvalue weighted by molar-refractivity contribution is 0.629. The number of hydrogen-bond acceptors (Lipinski definition) is 5. The molecule has 128 valence electrons. The molecule has 25 heavy (non-hydrogen) atoms. The van der Waals surface area contributed by atoms with Gasteiger partial charge in [0, 0.05) is 22.3 Å². The third-order valence-electron chi connectivity index (χ3n) is 3.26. The van der Waals surface area contributed by atoms with Crippen molar-refractivity contribution in [3.8, 4) is 22.8 Å². The maximum Gasteiger partial charge on any atom is 0.202 e. The molecule has 0 bridgehead atoms. The van der Waals surface area contributed by atoms with Crippen LogP contribution in [0, 0.1) is 0 Å². The van der Waals surface area contributed by atoms with E-state index in [0.717, 1.165) is 0 Å². The Morgan fingerprint density at radius 3 is 2.44 bits per heavy atom. The van der Waals surface area contributed by atoms with E-state index in [0.29, 0.717) is 38.6 Å². The summed E-state index contributed by atoms with van der Waals surface area (Å²) in [6.45, 7) is 6.13. The van der Waals surface area contributed by atoms with Gasteiger partial charge in [-0.05, 0) is 51.1 Å². The lowest BCUT2D eigenvalue weighted by atomic mass is 10.1. The average Bonchev–Trinajstić information content (AvgIpc) is 2.55. The van der Waals surface area contributed by atoms with Gasteiger partial charge in [-0.2, -0.15) is 0 Å². The SMILES string of the molecule is CC(C)(C)Nc1nc(-c2ccccn2)nnc1-c1ccc(Cl)cc1Cl. The van der Waals surface area contributed by atoms with Gasteiger partial charge in [0.05, 0.1) is 5.02 Å². The molecule has 1 N–H and O–H groups in total. The fourth-order valence-corrected chi connectivity index (χ4v) is 2.73. The zero-order chi connectivity index (χ0) is 18.0. The topological polar surface area (TPSA) is 63.6 Å². The highest BCUT2D eigenvalue weighted by atomic mass is 35.5. The van der Waals surface area contributed by atoms with Gasteiger partial charge in [-0.15, -0.1) is 10.2 Å². The molecule has 2 heterocycles. The molecule has 7 heteroatoms. The highest BCUT2D eigenvalue weighted by molar-refractivity contribution is 6.36. The van der Waals surface area contributed by atoms with Crippen LogP contribution in [0.1, 0.15) is 20.8 Å². The predicted molar refractivity (Wildman–Crippen MR) is 102 cm³/mol. The molecule has 0 aliphatic carbocycles. The van der Waals surface area contributed by atoms with E-state index in [-0.39, 0.29) is 5.54 Å². The van der Waals surface area contributed by atoms with E-state index in [9.17, 15) is 0 Å². The summed E-state index contributed by atoms with van der Waals surface area (Å²) in [5.74, 6) is 1.04. The number of anilines is 1. The number of nitrogens with one attached hydrogen (secondary N) is 1. The van der Waals surface area contributed by atoms with E-state index >= 15 is 0 Å². The van der Waals surface area contributed by atoms with Crippen LogP contribution in [0.15, 0.2) is 42.6 Å². The molecule has 0 saturated carbocycles. The van der Waals surface area contributed by atoms with Crippen LogP contribution in [0.2, 0.25) is 10.0 Å². The van der Waals surface area contributed by atoms with E-state index in [1.54, 1.807) is 18.3 Å². The summed E-state index contributed by atoms with van der Waals surface area (Å²) >= 11 is 12.3. The molecule has 5 nitrogen and oxygen atoms in total. The Morgan fingerprint density at radius 1 is 1.00 bits per heavy atom. The van der Waals surface area contributed by atoms with Gasteiger partial charge in [-0.25, -0.2) is 4.98 Å². The van der Waals surface area contributed by atoms with Gasteiger partial charge >= 0.3 is 0 Å². The summed E-state index contributed by atoms with van der Waals surface area (Å²) in [7, 11) is 0. The Morgan fingerprint density at radius 2 is 1.80 bits per heavy atom. The predicted octanol–water partition coefficient (Wildman–Crippen LogP) is 5.12. The Balaban J connectivity index is 2.14. The molecule has 0 aliphatic heterocycles. The molecule has 0 spiro atoms. The number of hydrogen-bond donors (Lipinski definition) is 1. The first kappa shape index (κ1) is 17.6. The van der Waals surface area contributed by atoms with Gasteiger partial charge in [0.25, 0.3) is 0 Å². The quantitative estimate of drug-likeness (QED) is 0.690. The monoisotopic (exact) mass is 373 g/mol. The van der Waals surface area contributed by atoms with E-state index < -0.39 is 0 Å². The van der Waals surface area contributed by atoms with Crippen molar-refractivity contribution in [2.24, 2.45) is 0 Å². The molecule has 0 unspecified atom stereocenters. The molecule has 3 aromatic rings. The third-order valence-corrected chi connectivity index (χ3v) is 3.81. The second-order valence-electron chi connectivity index (χ2n) is 6.55. The maximum atomic E-state index is 6.34. The van der Waals surface area contributed by atoms with Crippen molar-refractivity contribution >= 4 is 29.0 Å². The lowest BCUT2D eigenvalue weighted by Crippen LogP contribution is -2.27. The number of pyridine rings is 1. The van der Waals surface area contributed by atoms with E-state index in [1.807, 2.05) is 45.0 Å². The average molecular weight is 374 g/mol. The molecule has 0 atom stereocenters. The Hall–Kier alpha value is -2.24. The lowest BCUT2D eigenvalue weighted by Gasteiger charge is -2.23. The van der Waals surface area contributed by atoms with Gasteiger partial charge in [0.1, 0.15) is 11.4 Å². The fraction of sp³-hybridized carbons (Fsp3) is 0.222. The van der Waals surface area contributed by atoms with Crippen molar-refractivity contribution in [1.29, 1.82) is 0 Å². The van der Waals surface area contributed by atoms with Crippen molar-refractivity contribution in [3.63, 3.8) is 0 Å². The first-order valence-corrected chi connectivity index (χ1v) is 8.49. The summed E-state index contributed by atoms with van der Waals surface area (Å²) in [5, 5.41) is 13.0. The van der Waals surface area contributed by atoms with Crippen LogP contribution in [-0.4, -0.2) is 25.7 Å². The van der Waals surface area contributed by atoms with E-state index in [4.69, 9.17) is 23.2 Å². The van der Waals surface area contributed by atoms with Crippen LogP contribution in [0.3, 0.4) is 0 Å². The Labute approximate surface area is 156 Å². The van der Waals surface area contributed by atoms with Gasteiger partial charge in [0.2, 0.25) is 5.82 Å². The highest BCUT2D eigenvalue weighted by Crippen LogP contribution is 2.34. The zero-order valence-electron chi connectivity index (χ0n) is 14.1. The standard InChI is InChI=1S/C18H17Cl2N5/c1-18(2,3)23-17-15(12-8-7-11(19)10-13(12)20)24-25-16(22-17)14-6-4-5-9-21-14/h4-10H,1-3H3,(H,22,23,25). The van der Waals surface area contributed by atoms with Crippen LogP contribution >= 0.6 is 23.2 Å². The van der Waals surface area contributed by atoms with Crippen molar-refractivity contribution in [2.75, 3.05) is 5.32 Å². The number of aromatic nitrogens is 4. The van der Waals surface area contributed by atoms with E-state index in [1.165, 1.54) is 0 Å². The van der Waals surface area contributed by atoms with Crippen LogP contribution in [0.5, 0.6) is 0 Å². The van der Waals surface area contributed by atoms with Crippen molar-refractivity contribution < 1.29 is 0 Å². The minimum absolute atomic E-state index is 0.217. The molecule has 0 amide bonds. The smallest absolute Gasteiger partial charge is 0.202 e. The summed E-state index contributed by atoms with van der Waals surface area (Å²) in [6.07, 6.45) is 1.69. The van der Waals surface area contributed by atoms with Gasteiger partial charge in [-0.1, -0.05) is 29.3 Å². The molecule has 1 aromatic carbocycles. The first-order chi connectivity index (χ1) is 11.8. The number of halogens is 2. The largest absolute Gasteiger partial charge is 0.364 e. The molecule has 3 rings (SSSR count). The Kier molecular flexibility index (Phi) is 4.88. The normalized spacial score (nSPS) is 11.4. The van der Waals surface area contributed by atoms with Crippen LogP contribution in [0.25, 0.3) is 22.8 Å². The van der Waals surface area contributed by atoms with Crippen molar-refractivity contribution in [1.82, 2.24) is 20.2 Å². The summed E-state index contributed by atoms with van der Waals surface area (Å²) in [5.41, 5.74) is 1.72. The molecule has 0 fully saturated rings. The molecular formula is C18H17Cl2N5. The molecule has 0 aliphatic rings. The molecular weight excluding hydrogens is 357 g/mol.